The van der Waals surface area contributed by atoms with E-state index in [2.05, 4.69) is 15.5 Å². The molecule has 2 heterocycles. The summed E-state index contributed by atoms with van der Waals surface area (Å²) in [6, 6.07) is 6.49. The summed E-state index contributed by atoms with van der Waals surface area (Å²) in [4.78, 5) is 43.7. The zero-order valence-electron chi connectivity index (χ0n) is 21.0. The Morgan fingerprint density at radius 3 is 2.54 bits per heavy atom. The van der Waals surface area contributed by atoms with E-state index in [1.165, 1.54) is 0 Å². The Kier molecular flexibility index (Phi) is 8.48. The summed E-state index contributed by atoms with van der Waals surface area (Å²) in [6.07, 6.45) is 0.966. The number of amides is 2. The number of nitrogens with zero attached hydrogens (tertiary/aromatic N) is 3. The summed E-state index contributed by atoms with van der Waals surface area (Å²) in [5, 5.41) is 6.92. The van der Waals surface area contributed by atoms with Crippen LogP contribution in [0.25, 0.3) is 11.4 Å². The molecule has 1 fully saturated rings. The fraction of sp³-hybridized carbons (Fsp3) is 0.560. The van der Waals surface area contributed by atoms with Crippen LogP contribution in [0.2, 0.25) is 0 Å². The number of hydrogen-bond donors (Lipinski definition) is 1. The summed E-state index contributed by atoms with van der Waals surface area (Å²) in [5.74, 6) is 0.154. The first kappa shape index (κ1) is 26.2. The van der Waals surface area contributed by atoms with Crippen molar-refractivity contribution in [3.63, 3.8) is 0 Å². The number of carbonyl (C=O) groups excluding carboxylic acids is 3. The molecular weight excluding hydrogens is 452 g/mol. The van der Waals surface area contributed by atoms with E-state index in [4.69, 9.17) is 14.0 Å². The Labute approximate surface area is 205 Å². The Hall–Kier alpha value is -3.43. The van der Waals surface area contributed by atoms with Gasteiger partial charge in [-0.05, 0) is 58.6 Å². The molecule has 1 saturated heterocycles. The van der Waals surface area contributed by atoms with Crippen LogP contribution in [0.4, 0.5) is 4.79 Å². The van der Waals surface area contributed by atoms with Crippen LogP contribution in [0.1, 0.15) is 63.2 Å². The molecule has 0 spiro atoms. The van der Waals surface area contributed by atoms with Crippen LogP contribution in [0, 0.1) is 12.8 Å². The smallest absolute Gasteiger partial charge is 0.410 e. The third-order valence-corrected chi connectivity index (χ3v) is 5.68. The Morgan fingerprint density at radius 1 is 1.23 bits per heavy atom. The minimum Gasteiger partial charge on any atom is -0.466 e. The van der Waals surface area contributed by atoms with Crippen molar-refractivity contribution in [1.29, 1.82) is 0 Å². The van der Waals surface area contributed by atoms with E-state index in [1.807, 2.05) is 20.8 Å². The molecule has 1 aliphatic rings. The highest BCUT2D eigenvalue weighted by Crippen LogP contribution is 2.25. The van der Waals surface area contributed by atoms with Crippen LogP contribution in [-0.2, 0) is 14.3 Å². The van der Waals surface area contributed by atoms with E-state index in [-0.39, 0.29) is 36.9 Å². The lowest BCUT2D eigenvalue weighted by molar-refractivity contribution is -0.144. The zero-order chi connectivity index (χ0) is 25.6. The molecule has 1 aromatic heterocycles. The van der Waals surface area contributed by atoms with Crippen LogP contribution in [-0.4, -0.2) is 64.3 Å². The molecule has 0 aliphatic carbocycles. The first-order valence-corrected chi connectivity index (χ1v) is 11.9. The maximum absolute atomic E-state index is 13.1. The van der Waals surface area contributed by atoms with E-state index < -0.39 is 11.6 Å². The Bertz CT molecular complexity index is 1040. The minimum absolute atomic E-state index is 0.00471. The van der Waals surface area contributed by atoms with E-state index >= 15 is 0 Å². The lowest BCUT2D eigenvalue weighted by Gasteiger charge is -2.36. The van der Waals surface area contributed by atoms with Gasteiger partial charge >= 0.3 is 12.1 Å². The largest absolute Gasteiger partial charge is 0.466 e. The second kappa shape index (κ2) is 11.3. The fourth-order valence-electron chi connectivity index (χ4n) is 4.01. The summed E-state index contributed by atoms with van der Waals surface area (Å²) in [7, 11) is 0. The van der Waals surface area contributed by atoms with Crippen molar-refractivity contribution in [2.24, 2.45) is 5.92 Å². The second-order valence-corrected chi connectivity index (χ2v) is 9.61. The quantitative estimate of drug-likeness (QED) is 0.587. The third-order valence-electron chi connectivity index (χ3n) is 5.68. The molecule has 190 valence electrons. The predicted molar refractivity (Wildman–Crippen MR) is 128 cm³/mol. The normalized spacial score (nSPS) is 15.4. The van der Waals surface area contributed by atoms with Gasteiger partial charge in [-0.2, -0.15) is 4.98 Å². The molecule has 1 N–H and O–H groups in total. The molecule has 3 rings (SSSR count). The first-order valence-electron chi connectivity index (χ1n) is 11.9. The molecule has 1 aromatic carbocycles. The number of esters is 1. The SMILES string of the molecule is CCOC(=O)CC(NC(=O)c1cccc(-c2noc(C)n2)c1)C1CCN(C(=O)OC(C)(C)C)CC1. The van der Waals surface area contributed by atoms with E-state index in [1.54, 1.807) is 43.0 Å². The summed E-state index contributed by atoms with van der Waals surface area (Å²) in [6.45, 7) is 10.2. The summed E-state index contributed by atoms with van der Waals surface area (Å²) in [5.41, 5.74) is 0.510. The van der Waals surface area contributed by atoms with Crippen molar-refractivity contribution in [3.05, 3.63) is 35.7 Å². The average Bonchev–Trinajstić information content (AvgIpc) is 3.24. The summed E-state index contributed by atoms with van der Waals surface area (Å²) >= 11 is 0. The van der Waals surface area contributed by atoms with E-state index in [9.17, 15) is 14.4 Å². The Morgan fingerprint density at radius 2 is 1.94 bits per heavy atom. The van der Waals surface area contributed by atoms with Gasteiger partial charge in [0.15, 0.2) is 0 Å². The molecule has 1 unspecified atom stereocenters. The van der Waals surface area contributed by atoms with Gasteiger partial charge < -0.3 is 24.2 Å². The third kappa shape index (κ3) is 7.53. The van der Waals surface area contributed by atoms with Gasteiger partial charge in [0.1, 0.15) is 5.60 Å². The van der Waals surface area contributed by atoms with Crippen LogP contribution in [0.3, 0.4) is 0 Å². The fourth-order valence-corrected chi connectivity index (χ4v) is 4.01. The standard InChI is InChI=1S/C25H34N4O6/c1-6-33-21(30)15-20(17-10-12-29(13-11-17)24(32)34-25(3,4)5)27-23(31)19-9-7-8-18(14-19)22-26-16(2)35-28-22/h7-9,14,17,20H,6,10-13,15H2,1-5H3,(H,27,31). The van der Waals surface area contributed by atoms with Crippen molar-refractivity contribution in [2.45, 2.75) is 65.5 Å². The van der Waals surface area contributed by atoms with Gasteiger partial charge in [0.2, 0.25) is 11.7 Å². The monoisotopic (exact) mass is 486 g/mol. The number of benzene rings is 1. The van der Waals surface area contributed by atoms with Crippen molar-refractivity contribution >= 4 is 18.0 Å². The van der Waals surface area contributed by atoms with Crippen molar-refractivity contribution in [2.75, 3.05) is 19.7 Å². The zero-order valence-corrected chi connectivity index (χ0v) is 21.0. The van der Waals surface area contributed by atoms with Gasteiger partial charge in [0, 0.05) is 37.2 Å². The van der Waals surface area contributed by atoms with Gasteiger partial charge in [-0.1, -0.05) is 17.3 Å². The molecule has 10 heteroatoms. The van der Waals surface area contributed by atoms with Crippen LogP contribution in [0.5, 0.6) is 0 Å². The first-order chi connectivity index (χ1) is 16.6. The molecular formula is C25H34N4O6. The number of carbonyl (C=O) groups is 3. The molecule has 35 heavy (non-hydrogen) atoms. The van der Waals surface area contributed by atoms with Crippen LogP contribution < -0.4 is 5.32 Å². The average molecular weight is 487 g/mol. The highest BCUT2D eigenvalue weighted by atomic mass is 16.6. The molecule has 2 amide bonds. The second-order valence-electron chi connectivity index (χ2n) is 9.61. The maximum Gasteiger partial charge on any atom is 0.410 e. The van der Waals surface area contributed by atoms with Gasteiger partial charge in [-0.15, -0.1) is 0 Å². The molecule has 10 nitrogen and oxygen atoms in total. The molecule has 0 radical (unpaired) electrons. The number of rotatable bonds is 7. The number of aryl methyl sites for hydroxylation is 1. The highest BCUT2D eigenvalue weighted by Gasteiger charge is 2.33. The highest BCUT2D eigenvalue weighted by molar-refractivity contribution is 5.95. The van der Waals surface area contributed by atoms with E-state index in [0.717, 1.165) is 0 Å². The molecule has 1 atom stereocenters. The number of ether oxygens (including phenoxy) is 2. The minimum atomic E-state index is -0.566. The van der Waals surface area contributed by atoms with Gasteiger partial charge in [0.25, 0.3) is 5.91 Å². The van der Waals surface area contributed by atoms with Crippen molar-refractivity contribution in [3.8, 4) is 11.4 Å². The number of piperidine rings is 1. The number of likely N-dealkylation sites (tertiary alicyclic amines) is 1. The van der Waals surface area contributed by atoms with Gasteiger partial charge in [-0.25, -0.2) is 4.79 Å². The molecule has 2 aromatic rings. The molecule has 0 bridgehead atoms. The Balaban J connectivity index is 1.69. The topological polar surface area (TPSA) is 124 Å². The van der Waals surface area contributed by atoms with Crippen LogP contribution in [0.15, 0.2) is 28.8 Å². The predicted octanol–water partition coefficient (Wildman–Crippen LogP) is 3.74. The van der Waals surface area contributed by atoms with Crippen LogP contribution >= 0.6 is 0 Å². The summed E-state index contributed by atoms with van der Waals surface area (Å²) < 4.78 is 15.6. The van der Waals surface area contributed by atoms with Crippen molar-refractivity contribution < 1.29 is 28.4 Å². The van der Waals surface area contributed by atoms with Gasteiger partial charge in [-0.3, -0.25) is 9.59 Å². The van der Waals surface area contributed by atoms with Crippen molar-refractivity contribution in [1.82, 2.24) is 20.4 Å². The van der Waals surface area contributed by atoms with E-state index in [0.29, 0.717) is 48.8 Å². The van der Waals surface area contributed by atoms with Gasteiger partial charge in [0.05, 0.1) is 13.0 Å². The molecule has 0 saturated carbocycles. The number of aromatic nitrogens is 2. The molecule has 1 aliphatic heterocycles. The lowest BCUT2D eigenvalue weighted by Crippen LogP contribution is -2.48. The number of hydrogen-bond acceptors (Lipinski definition) is 8. The maximum atomic E-state index is 13.1. The number of nitrogens with one attached hydrogen (secondary N) is 1. The lowest BCUT2D eigenvalue weighted by atomic mass is 9.87.